The molecule has 0 saturated heterocycles. The molecule has 8 heteroatoms. The van der Waals surface area contributed by atoms with E-state index >= 15 is 0 Å². The third-order valence-electron chi connectivity index (χ3n) is 4.17. The van der Waals surface area contributed by atoms with E-state index in [-0.39, 0.29) is 5.97 Å². The summed E-state index contributed by atoms with van der Waals surface area (Å²) in [5, 5.41) is 6.68. The van der Waals surface area contributed by atoms with Gasteiger partial charge < -0.3 is 29.6 Å². The standard InChI is InChI=1S/C21H26N2O5S/c1-6-28-20(24)15-8-7-13(2)16(11-15)23-21(29)22-12-14-9-17(25-3)19(27-5)18(10-14)26-4/h7-11H,6,12H2,1-5H3,(H2,22,23,29). The third-order valence-corrected chi connectivity index (χ3v) is 4.42. The molecule has 2 aromatic rings. The van der Waals surface area contributed by atoms with Gasteiger partial charge in [0.05, 0.1) is 33.5 Å². The maximum absolute atomic E-state index is 11.9. The number of aryl methyl sites for hydroxylation is 1. The Bertz CT molecular complexity index is 860. The first-order valence-electron chi connectivity index (χ1n) is 9.05. The van der Waals surface area contributed by atoms with Crippen LogP contribution >= 0.6 is 12.2 Å². The van der Waals surface area contributed by atoms with Crippen LogP contribution in [-0.4, -0.2) is 39.0 Å². The second-order valence-electron chi connectivity index (χ2n) is 6.09. The summed E-state index contributed by atoms with van der Waals surface area (Å²) >= 11 is 5.40. The van der Waals surface area contributed by atoms with E-state index in [0.29, 0.717) is 41.1 Å². The van der Waals surface area contributed by atoms with E-state index < -0.39 is 0 Å². The van der Waals surface area contributed by atoms with Crippen LogP contribution in [0.3, 0.4) is 0 Å². The number of nitrogens with one attached hydrogen (secondary N) is 2. The van der Waals surface area contributed by atoms with Crippen molar-refractivity contribution in [2.45, 2.75) is 20.4 Å². The van der Waals surface area contributed by atoms with Gasteiger partial charge in [-0.3, -0.25) is 0 Å². The van der Waals surface area contributed by atoms with E-state index in [0.717, 1.165) is 16.8 Å². The van der Waals surface area contributed by atoms with Crippen LogP contribution in [0.5, 0.6) is 17.2 Å². The number of esters is 1. The van der Waals surface area contributed by atoms with Crippen molar-refractivity contribution in [3.05, 3.63) is 47.0 Å². The molecule has 0 aliphatic heterocycles. The van der Waals surface area contributed by atoms with Crippen molar-refractivity contribution in [1.82, 2.24) is 5.32 Å². The van der Waals surface area contributed by atoms with Crippen LogP contribution in [0.15, 0.2) is 30.3 Å². The third kappa shape index (κ3) is 5.74. The Morgan fingerprint density at radius 2 is 1.69 bits per heavy atom. The molecule has 0 amide bonds. The Hall–Kier alpha value is -3.00. The van der Waals surface area contributed by atoms with Crippen molar-refractivity contribution in [3.63, 3.8) is 0 Å². The summed E-state index contributed by atoms with van der Waals surface area (Å²) in [6.45, 7) is 4.47. The molecule has 0 spiro atoms. The van der Waals surface area contributed by atoms with Gasteiger partial charge in [0.2, 0.25) is 5.75 Å². The maximum Gasteiger partial charge on any atom is 0.338 e. The van der Waals surface area contributed by atoms with Gasteiger partial charge in [-0.15, -0.1) is 0 Å². The average molecular weight is 419 g/mol. The second kappa shape index (κ2) is 10.5. The van der Waals surface area contributed by atoms with E-state index in [2.05, 4.69) is 10.6 Å². The molecule has 0 unspecified atom stereocenters. The zero-order valence-electron chi connectivity index (χ0n) is 17.3. The SMILES string of the molecule is CCOC(=O)c1ccc(C)c(NC(=S)NCc2cc(OC)c(OC)c(OC)c2)c1. The quantitative estimate of drug-likeness (QED) is 0.497. The number of benzene rings is 2. The summed E-state index contributed by atoms with van der Waals surface area (Å²) in [7, 11) is 4.70. The Kier molecular flexibility index (Phi) is 8.09. The normalized spacial score (nSPS) is 10.1. The van der Waals surface area contributed by atoms with Gasteiger partial charge in [-0.25, -0.2) is 4.79 Å². The van der Waals surface area contributed by atoms with Crippen molar-refractivity contribution in [3.8, 4) is 17.2 Å². The van der Waals surface area contributed by atoms with Gasteiger partial charge in [0.25, 0.3) is 0 Å². The minimum absolute atomic E-state index is 0.324. The number of carbonyl (C=O) groups is 1. The molecule has 29 heavy (non-hydrogen) atoms. The minimum atomic E-state index is -0.369. The zero-order chi connectivity index (χ0) is 21.4. The maximum atomic E-state index is 11.9. The van der Waals surface area contributed by atoms with E-state index in [9.17, 15) is 4.79 Å². The van der Waals surface area contributed by atoms with Crippen LogP contribution in [0.4, 0.5) is 5.69 Å². The Morgan fingerprint density at radius 1 is 1.03 bits per heavy atom. The predicted molar refractivity (Wildman–Crippen MR) is 116 cm³/mol. The van der Waals surface area contributed by atoms with Crippen LogP contribution < -0.4 is 24.8 Å². The lowest BCUT2D eigenvalue weighted by Gasteiger charge is -2.16. The number of methoxy groups -OCH3 is 3. The van der Waals surface area contributed by atoms with Crippen molar-refractivity contribution in [2.75, 3.05) is 33.3 Å². The van der Waals surface area contributed by atoms with Gasteiger partial charge in [0.15, 0.2) is 16.6 Å². The molecule has 0 heterocycles. The fourth-order valence-electron chi connectivity index (χ4n) is 2.68. The van der Waals surface area contributed by atoms with Gasteiger partial charge in [0, 0.05) is 12.2 Å². The molecule has 2 N–H and O–H groups in total. The second-order valence-corrected chi connectivity index (χ2v) is 6.50. The number of carbonyl (C=O) groups excluding carboxylic acids is 1. The molecule has 0 fully saturated rings. The van der Waals surface area contributed by atoms with Crippen molar-refractivity contribution in [2.24, 2.45) is 0 Å². The minimum Gasteiger partial charge on any atom is -0.493 e. The van der Waals surface area contributed by atoms with Crippen molar-refractivity contribution in [1.29, 1.82) is 0 Å². The number of anilines is 1. The lowest BCUT2D eigenvalue weighted by molar-refractivity contribution is 0.0526. The highest BCUT2D eigenvalue weighted by atomic mass is 32.1. The van der Waals surface area contributed by atoms with Crippen LogP contribution in [0.1, 0.15) is 28.4 Å². The van der Waals surface area contributed by atoms with Gasteiger partial charge in [-0.05, 0) is 61.5 Å². The monoisotopic (exact) mass is 418 g/mol. The van der Waals surface area contributed by atoms with Crippen LogP contribution in [0, 0.1) is 6.92 Å². The number of ether oxygens (including phenoxy) is 4. The first-order valence-corrected chi connectivity index (χ1v) is 9.45. The van der Waals surface area contributed by atoms with Gasteiger partial charge in [-0.2, -0.15) is 0 Å². The number of rotatable bonds is 8. The highest BCUT2D eigenvalue weighted by molar-refractivity contribution is 7.80. The lowest BCUT2D eigenvalue weighted by atomic mass is 10.1. The summed E-state index contributed by atoms with van der Waals surface area (Å²) in [6, 6.07) is 9.00. The predicted octanol–water partition coefficient (Wildman–Crippen LogP) is 3.68. The van der Waals surface area contributed by atoms with E-state index in [1.165, 1.54) is 0 Å². The molecule has 156 valence electrons. The van der Waals surface area contributed by atoms with Crippen molar-refractivity contribution < 1.29 is 23.7 Å². The molecule has 2 rings (SSSR count). The first kappa shape index (κ1) is 22.3. The molecule has 0 aliphatic carbocycles. The fourth-order valence-corrected chi connectivity index (χ4v) is 2.87. The number of hydrogen-bond acceptors (Lipinski definition) is 6. The summed E-state index contributed by atoms with van der Waals surface area (Å²) in [5.41, 5.74) is 3.06. The van der Waals surface area contributed by atoms with Gasteiger partial charge in [-0.1, -0.05) is 6.07 Å². The smallest absolute Gasteiger partial charge is 0.338 e. The van der Waals surface area contributed by atoms with Crippen LogP contribution in [-0.2, 0) is 11.3 Å². The molecule has 0 saturated carbocycles. The molecule has 0 atom stereocenters. The molecular weight excluding hydrogens is 392 g/mol. The molecule has 0 bridgehead atoms. The highest BCUT2D eigenvalue weighted by Gasteiger charge is 2.14. The Balaban J connectivity index is 2.09. The van der Waals surface area contributed by atoms with E-state index in [1.807, 2.05) is 25.1 Å². The lowest BCUT2D eigenvalue weighted by Crippen LogP contribution is -2.28. The summed E-state index contributed by atoms with van der Waals surface area (Å²) in [4.78, 5) is 11.9. The molecule has 0 aromatic heterocycles. The number of hydrogen-bond donors (Lipinski definition) is 2. The summed E-state index contributed by atoms with van der Waals surface area (Å²) in [5.74, 6) is 1.30. The summed E-state index contributed by atoms with van der Waals surface area (Å²) in [6.07, 6.45) is 0. The average Bonchev–Trinajstić information content (AvgIpc) is 2.72. The van der Waals surface area contributed by atoms with Crippen LogP contribution in [0.25, 0.3) is 0 Å². The molecule has 0 radical (unpaired) electrons. The first-order chi connectivity index (χ1) is 13.9. The largest absolute Gasteiger partial charge is 0.493 e. The van der Waals surface area contributed by atoms with Crippen molar-refractivity contribution >= 4 is 29.0 Å². The summed E-state index contributed by atoms with van der Waals surface area (Å²) < 4.78 is 21.1. The van der Waals surface area contributed by atoms with E-state index in [1.54, 1.807) is 40.4 Å². The molecule has 0 aliphatic rings. The Morgan fingerprint density at radius 3 is 2.24 bits per heavy atom. The fraction of sp³-hybridized carbons (Fsp3) is 0.333. The molecule has 7 nitrogen and oxygen atoms in total. The topological polar surface area (TPSA) is 78.1 Å². The van der Waals surface area contributed by atoms with Gasteiger partial charge >= 0.3 is 5.97 Å². The van der Waals surface area contributed by atoms with Crippen LogP contribution in [0.2, 0.25) is 0 Å². The number of thiocarbonyl (C=S) groups is 1. The molecule has 2 aromatic carbocycles. The highest BCUT2D eigenvalue weighted by Crippen LogP contribution is 2.38. The van der Waals surface area contributed by atoms with Gasteiger partial charge in [0.1, 0.15) is 0 Å². The molecular formula is C21H26N2O5S. The van der Waals surface area contributed by atoms with E-state index in [4.69, 9.17) is 31.2 Å². The zero-order valence-corrected chi connectivity index (χ0v) is 18.1. The Labute approximate surface area is 176 Å².